The number of aliphatic hydroxyl groups is 1. The predicted molar refractivity (Wildman–Crippen MR) is 83.7 cm³/mol. The topological polar surface area (TPSA) is 71.5 Å². The first-order valence-corrected chi connectivity index (χ1v) is 7.30. The fourth-order valence-electron chi connectivity index (χ4n) is 1.92. The van der Waals surface area contributed by atoms with Crippen molar-refractivity contribution in [2.24, 2.45) is 0 Å². The van der Waals surface area contributed by atoms with Crippen LogP contribution in [0.5, 0.6) is 5.88 Å². The Labute approximate surface area is 134 Å². The third-order valence-corrected chi connectivity index (χ3v) is 3.07. The number of amides is 1. The van der Waals surface area contributed by atoms with E-state index >= 15 is 0 Å². The highest BCUT2D eigenvalue weighted by molar-refractivity contribution is 5.93. The summed E-state index contributed by atoms with van der Waals surface area (Å²) in [4.78, 5) is 16.1. The van der Waals surface area contributed by atoms with Gasteiger partial charge >= 0.3 is 0 Å². The minimum Gasteiger partial charge on any atom is -0.475 e. The van der Waals surface area contributed by atoms with Crippen LogP contribution in [0.4, 0.5) is 4.39 Å². The molecule has 1 unspecified atom stereocenters. The third kappa shape index (κ3) is 5.03. The van der Waals surface area contributed by atoms with Gasteiger partial charge in [0.15, 0.2) is 0 Å². The summed E-state index contributed by atoms with van der Waals surface area (Å²) in [5.74, 6) is -0.280. The summed E-state index contributed by atoms with van der Waals surface area (Å²) in [6.07, 6.45) is 0.515. The molecule has 0 saturated heterocycles. The molecule has 0 fully saturated rings. The summed E-state index contributed by atoms with van der Waals surface area (Å²) >= 11 is 0. The fourth-order valence-corrected chi connectivity index (χ4v) is 1.92. The van der Waals surface area contributed by atoms with Crippen LogP contribution in [0.25, 0.3) is 0 Å². The summed E-state index contributed by atoms with van der Waals surface area (Å²) in [5.41, 5.74) is 0.901. The number of carbonyl (C=O) groups is 1. The van der Waals surface area contributed by atoms with E-state index in [4.69, 9.17) is 4.74 Å². The lowest BCUT2D eigenvalue weighted by atomic mass is 10.1. The number of rotatable bonds is 6. The molecule has 122 valence electrons. The standard InChI is InChI=1S/C17H19FN2O3/c1-11(2)23-16-8-5-13(9-19-16)17(22)20-10-15(21)12-3-6-14(18)7-4-12/h3-9,11,15,21H,10H2,1-2H3,(H,20,22). The highest BCUT2D eigenvalue weighted by Gasteiger charge is 2.11. The molecule has 2 N–H and O–H groups in total. The molecule has 2 rings (SSSR count). The molecule has 0 radical (unpaired) electrons. The van der Waals surface area contributed by atoms with Crippen molar-refractivity contribution >= 4 is 5.91 Å². The third-order valence-electron chi connectivity index (χ3n) is 3.07. The van der Waals surface area contributed by atoms with Crippen LogP contribution in [-0.2, 0) is 0 Å². The Morgan fingerprint density at radius 3 is 2.52 bits per heavy atom. The van der Waals surface area contributed by atoms with Crippen molar-refractivity contribution in [1.82, 2.24) is 10.3 Å². The van der Waals surface area contributed by atoms with Crippen LogP contribution < -0.4 is 10.1 Å². The Bertz CT molecular complexity index is 642. The molecule has 1 atom stereocenters. The van der Waals surface area contributed by atoms with E-state index < -0.39 is 6.10 Å². The van der Waals surface area contributed by atoms with Crippen molar-refractivity contribution in [3.05, 3.63) is 59.5 Å². The Balaban J connectivity index is 1.90. The van der Waals surface area contributed by atoms with Crippen molar-refractivity contribution in [2.45, 2.75) is 26.1 Å². The summed E-state index contributed by atoms with van der Waals surface area (Å²) < 4.78 is 18.2. The highest BCUT2D eigenvalue weighted by Crippen LogP contribution is 2.13. The number of nitrogens with zero attached hydrogens (tertiary/aromatic N) is 1. The van der Waals surface area contributed by atoms with Crippen LogP contribution in [0.1, 0.15) is 35.9 Å². The summed E-state index contributed by atoms with van der Waals surface area (Å²) in [6, 6.07) is 8.70. The zero-order chi connectivity index (χ0) is 16.8. The molecule has 1 aromatic carbocycles. The number of nitrogens with one attached hydrogen (secondary N) is 1. The van der Waals surface area contributed by atoms with E-state index in [2.05, 4.69) is 10.3 Å². The molecule has 1 aromatic heterocycles. The van der Waals surface area contributed by atoms with Crippen molar-refractivity contribution in [1.29, 1.82) is 0 Å². The molecular weight excluding hydrogens is 299 g/mol. The van der Waals surface area contributed by atoms with Gasteiger partial charge in [0, 0.05) is 18.8 Å². The maximum absolute atomic E-state index is 12.8. The average molecular weight is 318 g/mol. The number of hydrogen-bond donors (Lipinski definition) is 2. The lowest BCUT2D eigenvalue weighted by Crippen LogP contribution is -2.28. The summed E-state index contributed by atoms with van der Waals surface area (Å²) in [5, 5.41) is 12.6. The maximum atomic E-state index is 12.8. The van der Waals surface area contributed by atoms with Crippen LogP contribution >= 0.6 is 0 Å². The molecule has 0 aliphatic heterocycles. The number of hydrogen-bond acceptors (Lipinski definition) is 4. The maximum Gasteiger partial charge on any atom is 0.252 e. The molecule has 2 aromatic rings. The molecule has 0 bridgehead atoms. The molecule has 1 amide bonds. The second-order valence-electron chi connectivity index (χ2n) is 5.33. The van der Waals surface area contributed by atoms with E-state index in [1.807, 2.05) is 13.8 Å². The van der Waals surface area contributed by atoms with Gasteiger partial charge in [0.25, 0.3) is 5.91 Å². The van der Waals surface area contributed by atoms with Crippen LogP contribution in [0.15, 0.2) is 42.6 Å². The number of benzene rings is 1. The number of aromatic nitrogens is 1. The summed E-state index contributed by atoms with van der Waals surface area (Å²) in [6.45, 7) is 3.80. The van der Waals surface area contributed by atoms with Gasteiger partial charge in [-0.1, -0.05) is 12.1 Å². The first-order valence-electron chi connectivity index (χ1n) is 7.30. The number of halogens is 1. The van der Waals surface area contributed by atoms with Crippen LogP contribution in [0, 0.1) is 5.82 Å². The van der Waals surface area contributed by atoms with Gasteiger partial charge in [0.2, 0.25) is 5.88 Å². The van der Waals surface area contributed by atoms with Crippen molar-refractivity contribution in [2.75, 3.05) is 6.54 Å². The van der Waals surface area contributed by atoms with E-state index in [9.17, 15) is 14.3 Å². The molecule has 23 heavy (non-hydrogen) atoms. The average Bonchev–Trinajstić information content (AvgIpc) is 2.53. The first-order chi connectivity index (χ1) is 11.0. The number of carbonyl (C=O) groups excluding carboxylic acids is 1. The molecule has 5 nitrogen and oxygen atoms in total. The van der Waals surface area contributed by atoms with Gasteiger partial charge in [0.05, 0.1) is 17.8 Å². The van der Waals surface area contributed by atoms with E-state index in [1.165, 1.54) is 30.5 Å². The predicted octanol–water partition coefficient (Wildman–Crippen LogP) is 2.47. The number of aliphatic hydroxyl groups excluding tert-OH is 1. The second kappa shape index (κ2) is 7.69. The minimum atomic E-state index is -0.906. The quantitative estimate of drug-likeness (QED) is 0.858. The largest absolute Gasteiger partial charge is 0.475 e. The molecule has 6 heteroatoms. The number of pyridine rings is 1. The zero-order valence-electron chi connectivity index (χ0n) is 13.0. The molecule has 0 saturated carbocycles. The second-order valence-corrected chi connectivity index (χ2v) is 5.33. The van der Waals surface area contributed by atoms with Crippen LogP contribution in [0.2, 0.25) is 0 Å². The van der Waals surface area contributed by atoms with E-state index in [0.717, 1.165) is 0 Å². The Hall–Kier alpha value is -2.47. The molecule has 0 aliphatic carbocycles. The normalized spacial score (nSPS) is 12.0. The first kappa shape index (κ1) is 16.9. The summed E-state index contributed by atoms with van der Waals surface area (Å²) in [7, 11) is 0. The highest BCUT2D eigenvalue weighted by atomic mass is 19.1. The van der Waals surface area contributed by atoms with E-state index in [0.29, 0.717) is 17.0 Å². The van der Waals surface area contributed by atoms with Crippen LogP contribution in [-0.4, -0.2) is 28.6 Å². The van der Waals surface area contributed by atoms with Crippen molar-refractivity contribution in [3.63, 3.8) is 0 Å². The van der Waals surface area contributed by atoms with Crippen molar-refractivity contribution < 1.29 is 19.0 Å². The fraction of sp³-hybridized carbons (Fsp3) is 0.294. The van der Waals surface area contributed by atoms with Gasteiger partial charge in [-0.05, 0) is 37.6 Å². The monoisotopic (exact) mass is 318 g/mol. The van der Waals surface area contributed by atoms with Gasteiger partial charge in [-0.15, -0.1) is 0 Å². The van der Waals surface area contributed by atoms with Gasteiger partial charge in [0.1, 0.15) is 5.82 Å². The molecular formula is C17H19FN2O3. The van der Waals surface area contributed by atoms with Gasteiger partial charge in [-0.3, -0.25) is 4.79 Å². The van der Waals surface area contributed by atoms with Gasteiger partial charge in [-0.25, -0.2) is 9.37 Å². The minimum absolute atomic E-state index is 0.00744. The molecule has 1 heterocycles. The van der Waals surface area contributed by atoms with E-state index in [-0.39, 0.29) is 24.4 Å². The van der Waals surface area contributed by atoms with E-state index in [1.54, 1.807) is 12.1 Å². The molecule has 0 spiro atoms. The Morgan fingerprint density at radius 2 is 1.96 bits per heavy atom. The Kier molecular flexibility index (Phi) is 5.65. The smallest absolute Gasteiger partial charge is 0.252 e. The SMILES string of the molecule is CC(C)Oc1ccc(C(=O)NCC(O)c2ccc(F)cc2)cn1. The lowest BCUT2D eigenvalue weighted by Gasteiger charge is -2.12. The van der Waals surface area contributed by atoms with Crippen molar-refractivity contribution in [3.8, 4) is 5.88 Å². The zero-order valence-corrected chi connectivity index (χ0v) is 13.0. The number of ether oxygens (including phenoxy) is 1. The van der Waals surface area contributed by atoms with Gasteiger partial charge in [-0.2, -0.15) is 0 Å². The Morgan fingerprint density at radius 1 is 1.26 bits per heavy atom. The van der Waals surface area contributed by atoms with Crippen LogP contribution in [0.3, 0.4) is 0 Å². The van der Waals surface area contributed by atoms with Gasteiger partial charge < -0.3 is 15.2 Å². The lowest BCUT2D eigenvalue weighted by molar-refractivity contribution is 0.0915. The molecule has 0 aliphatic rings.